The maximum Gasteiger partial charge on any atom is 0.251 e. The number of halogens is 2. The van der Waals surface area contributed by atoms with Crippen LogP contribution in [0.25, 0.3) is 0 Å². The second kappa shape index (κ2) is 9.50. The molecule has 1 saturated heterocycles. The van der Waals surface area contributed by atoms with Crippen molar-refractivity contribution in [2.45, 2.75) is 57.5 Å². The molecule has 0 spiro atoms. The van der Waals surface area contributed by atoms with Crippen LogP contribution in [-0.2, 0) is 0 Å². The number of benzene rings is 1. The fourth-order valence-electron chi connectivity index (χ4n) is 3.83. The highest BCUT2D eigenvalue weighted by atomic mass is 35.5. The van der Waals surface area contributed by atoms with E-state index in [4.69, 9.17) is 5.73 Å². The third-order valence-electron chi connectivity index (χ3n) is 5.21. The average Bonchev–Trinajstić information content (AvgIpc) is 3.05. The van der Waals surface area contributed by atoms with Crippen LogP contribution in [0, 0.1) is 6.92 Å². The zero-order valence-electron chi connectivity index (χ0n) is 14.3. The van der Waals surface area contributed by atoms with Crippen LogP contribution >= 0.6 is 24.8 Å². The molecule has 0 aromatic heterocycles. The van der Waals surface area contributed by atoms with E-state index in [1.54, 1.807) is 6.07 Å². The standard InChI is InChI=1S/C18H27N3O.2ClH/c1-13-6-7-14(19)12-17(13)18(22)20-15-8-10-21(11-9-15)16-4-2-3-5-16;;/h6-7,12,15-16H,2-5,8-11,19H2,1H3,(H,20,22);2*1H. The minimum absolute atomic E-state index is 0. The van der Waals surface area contributed by atoms with E-state index in [9.17, 15) is 4.79 Å². The van der Waals surface area contributed by atoms with Crippen LogP contribution in [0.1, 0.15) is 54.4 Å². The molecule has 3 rings (SSSR count). The van der Waals surface area contributed by atoms with E-state index in [2.05, 4.69) is 10.2 Å². The number of hydrogen-bond donors (Lipinski definition) is 2. The number of nitrogens with zero attached hydrogens (tertiary/aromatic N) is 1. The van der Waals surface area contributed by atoms with Crippen molar-refractivity contribution in [1.29, 1.82) is 0 Å². The van der Waals surface area contributed by atoms with Gasteiger partial charge in [0, 0.05) is 36.4 Å². The van der Waals surface area contributed by atoms with Crippen molar-refractivity contribution in [2.75, 3.05) is 18.8 Å². The normalized spacial score (nSPS) is 19.4. The first-order valence-corrected chi connectivity index (χ1v) is 8.54. The summed E-state index contributed by atoms with van der Waals surface area (Å²) in [6.07, 6.45) is 7.61. The fourth-order valence-corrected chi connectivity index (χ4v) is 3.83. The molecule has 1 aliphatic carbocycles. The Labute approximate surface area is 157 Å². The van der Waals surface area contributed by atoms with Crippen molar-refractivity contribution in [2.24, 2.45) is 0 Å². The number of likely N-dealkylation sites (tertiary alicyclic amines) is 1. The minimum atomic E-state index is 0. The number of anilines is 1. The molecule has 1 saturated carbocycles. The van der Waals surface area contributed by atoms with Gasteiger partial charge in [-0.05, 0) is 50.3 Å². The number of piperidine rings is 1. The minimum Gasteiger partial charge on any atom is -0.399 e. The third kappa shape index (κ3) is 5.01. The molecule has 3 N–H and O–H groups in total. The highest BCUT2D eigenvalue weighted by Gasteiger charge is 2.27. The Morgan fingerprint density at radius 2 is 1.75 bits per heavy atom. The van der Waals surface area contributed by atoms with Gasteiger partial charge >= 0.3 is 0 Å². The van der Waals surface area contributed by atoms with Crippen molar-refractivity contribution in [3.8, 4) is 0 Å². The number of hydrogen-bond acceptors (Lipinski definition) is 3. The summed E-state index contributed by atoms with van der Waals surface area (Å²) in [4.78, 5) is 15.1. The third-order valence-corrected chi connectivity index (χ3v) is 5.21. The van der Waals surface area contributed by atoms with Crippen molar-refractivity contribution >= 4 is 36.4 Å². The Morgan fingerprint density at radius 3 is 2.38 bits per heavy atom. The van der Waals surface area contributed by atoms with E-state index in [1.165, 1.54) is 25.7 Å². The molecule has 0 radical (unpaired) electrons. The monoisotopic (exact) mass is 373 g/mol. The number of nitrogen functional groups attached to an aromatic ring is 1. The number of rotatable bonds is 3. The Morgan fingerprint density at radius 1 is 1.12 bits per heavy atom. The van der Waals surface area contributed by atoms with Gasteiger partial charge in [-0.15, -0.1) is 24.8 Å². The Kier molecular flexibility index (Phi) is 8.34. The number of nitrogens with one attached hydrogen (secondary N) is 1. The smallest absolute Gasteiger partial charge is 0.251 e. The van der Waals surface area contributed by atoms with E-state index >= 15 is 0 Å². The topological polar surface area (TPSA) is 58.4 Å². The molecule has 2 aliphatic rings. The molecular weight excluding hydrogens is 345 g/mol. The van der Waals surface area contributed by atoms with Crippen molar-refractivity contribution in [1.82, 2.24) is 10.2 Å². The molecule has 4 nitrogen and oxygen atoms in total. The predicted molar refractivity (Wildman–Crippen MR) is 104 cm³/mol. The van der Waals surface area contributed by atoms with Crippen LogP contribution in [-0.4, -0.2) is 36.0 Å². The highest BCUT2D eigenvalue weighted by molar-refractivity contribution is 5.96. The van der Waals surface area contributed by atoms with Gasteiger partial charge in [0.2, 0.25) is 0 Å². The van der Waals surface area contributed by atoms with Crippen LogP contribution in [0.5, 0.6) is 0 Å². The summed E-state index contributed by atoms with van der Waals surface area (Å²) in [6, 6.07) is 6.62. The van der Waals surface area contributed by atoms with Gasteiger partial charge < -0.3 is 16.0 Å². The van der Waals surface area contributed by atoms with Gasteiger partial charge in [0.25, 0.3) is 5.91 Å². The Hall–Kier alpha value is -0.970. The molecule has 1 aromatic rings. The van der Waals surface area contributed by atoms with Gasteiger partial charge in [0.15, 0.2) is 0 Å². The lowest BCUT2D eigenvalue weighted by molar-refractivity contribution is 0.0892. The molecule has 6 heteroatoms. The molecule has 1 heterocycles. The SMILES string of the molecule is Cc1ccc(N)cc1C(=O)NC1CCN(C2CCCC2)CC1.Cl.Cl. The summed E-state index contributed by atoms with van der Waals surface area (Å²) in [6.45, 7) is 4.19. The maximum atomic E-state index is 12.4. The molecule has 0 bridgehead atoms. The van der Waals surface area contributed by atoms with Crippen LogP contribution in [0.2, 0.25) is 0 Å². The molecule has 2 fully saturated rings. The van der Waals surface area contributed by atoms with Crippen molar-refractivity contribution in [3.63, 3.8) is 0 Å². The van der Waals surface area contributed by atoms with E-state index < -0.39 is 0 Å². The summed E-state index contributed by atoms with van der Waals surface area (Å²) in [5, 5.41) is 3.19. The van der Waals surface area contributed by atoms with Crippen molar-refractivity contribution in [3.05, 3.63) is 29.3 Å². The molecule has 0 atom stereocenters. The number of carbonyl (C=O) groups is 1. The van der Waals surface area contributed by atoms with E-state index in [0.717, 1.165) is 37.5 Å². The van der Waals surface area contributed by atoms with E-state index in [0.29, 0.717) is 17.3 Å². The van der Waals surface area contributed by atoms with E-state index in [-0.39, 0.29) is 30.7 Å². The quantitative estimate of drug-likeness (QED) is 0.796. The summed E-state index contributed by atoms with van der Waals surface area (Å²) in [7, 11) is 0. The lowest BCUT2D eigenvalue weighted by atomic mass is 10.0. The zero-order valence-corrected chi connectivity index (χ0v) is 15.9. The molecule has 1 aromatic carbocycles. The lowest BCUT2D eigenvalue weighted by Crippen LogP contribution is -2.47. The Bertz CT molecular complexity index is 539. The van der Waals surface area contributed by atoms with E-state index in [1.807, 2.05) is 19.1 Å². The lowest BCUT2D eigenvalue weighted by Gasteiger charge is -2.36. The summed E-state index contributed by atoms with van der Waals surface area (Å²) >= 11 is 0. The second-order valence-electron chi connectivity index (χ2n) is 6.80. The number of amides is 1. The first-order chi connectivity index (χ1) is 10.6. The van der Waals surface area contributed by atoms with Crippen molar-refractivity contribution < 1.29 is 4.79 Å². The molecule has 1 aliphatic heterocycles. The zero-order chi connectivity index (χ0) is 15.5. The highest BCUT2D eigenvalue weighted by Crippen LogP contribution is 2.26. The number of aryl methyl sites for hydroxylation is 1. The molecule has 1 amide bonds. The van der Waals surface area contributed by atoms with Crippen LogP contribution < -0.4 is 11.1 Å². The summed E-state index contributed by atoms with van der Waals surface area (Å²) < 4.78 is 0. The average molecular weight is 374 g/mol. The Balaban J connectivity index is 0.00000144. The first-order valence-electron chi connectivity index (χ1n) is 8.54. The largest absolute Gasteiger partial charge is 0.399 e. The van der Waals surface area contributed by atoms with Crippen LogP contribution in [0.3, 0.4) is 0 Å². The van der Waals surface area contributed by atoms with Gasteiger partial charge in [-0.3, -0.25) is 4.79 Å². The van der Waals surface area contributed by atoms with Gasteiger partial charge in [-0.2, -0.15) is 0 Å². The van der Waals surface area contributed by atoms with Gasteiger partial charge in [-0.25, -0.2) is 0 Å². The predicted octanol–water partition coefficient (Wildman–Crippen LogP) is 3.56. The summed E-state index contributed by atoms with van der Waals surface area (Å²) in [5.74, 6) is 0.0177. The van der Waals surface area contributed by atoms with Crippen LogP contribution in [0.15, 0.2) is 18.2 Å². The molecule has 136 valence electrons. The number of carbonyl (C=O) groups excluding carboxylic acids is 1. The first kappa shape index (κ1) is 21.1. The molecule has 0 unspecified atom stereocenters. The van der Waals surface area contributed by atoms with Gasteiger partial charge in [0.1, 0.15) is 0 Å². The van der Waals surface area contributed by atoms with Gasteiger partial charge in [-0.1, -0.05) is 18.9 Å². The maximum absolute atomic E-state index is 12.4. The summed E-state index contributed by atoms with van der Waals surface area (Å²) in [5.41, 5.74) is 8.13. The fraction of sp³-hybridized carbons (Fsp3) is 0.611. The molecule has 24 heavy (non-hydrogen) atoms. The number of nitrogens with two attached hydrogens (primary N) is 1. The second-order valence-corrected chi connectivity index (χ2v) is 6.80. The molecular formula is C18H29Cl2N3O. The van der Waals surface area contributed by atoms with Gasteiger partial charge in [0.05, 0.1) is 0 Å². The van der Waals surface area contributed by atoms with Crippen LogP contribution in [0.4, 0.5) is 5.69 Å².